The Labute approximate surface area is 184 Å². The van der Waals surface area contributed by atoms with E-state index >= 15 is 0 Å². The Bertz CT molecular complexity index is 991. The fourth-order valence-electron chi connectivity index (χ4n) is 3.35. The number of carbonyl (C=O) groups excluding carboxylic acids is 1. The lowest BCUT2D eigenvalue weighted by atomic mass is 9.99. The number of phenolic OH excluding ortho intramolecular Hbond substituents is 1. The van der Waals surface area contributed by atoms with Crippen LogP contribution in [0.15, 0.2) is 54.6 Å². The van der Waals surface area contributed by atoms with Crippen molar-refractivity contribution in [1.29, 1.82) is 0 Å². The predicted octanol–water partition coefficient (Wildman–Crippen LogP) is 4.40. The zero-order valence-corrected chi connectivity index (χ0v) is 18.8. The number of nitrogens with zero attached hydrogens (tertiary/aromatic N) is 1. The van der Waals surface area contributed by atoms with E-state index in [0.717, 1.165) is 35.2 Å². The summed E-state index contributed by atoms with van der Waals surface area (Å²) in [6.07, 6.45) is 0. The Balaban J connectivity index is 0.00000166. The van der Waals surface area contributed by atoms with Crippen LogP contribution in [0.2, 0.25) is 0 Å². The van der Waals surface area contributed by atoms with Crippen LogP contribution < -0.4 is 10.1 Å². The van der Waals surface area contributed by atoms with E-state index in [0.29, 0.717) is 24.7 Å². The summed E-state index contributed by atoms with van der Waals surface area (Å²) in [6, 6.07) is 17.1. The van der Waals surface area contributed by atoms with Gasteiger partial charge in [-0.15, -0.1) is 0 Å². The fraction of sp³-hybridized carbons (Fsp3) is 0.320. The molecule has 2 aromatic carbocycles. The number of aromatic hydroxyl groups is 1. The van der Waals surface area contributed by atoms with Crippen LogP contribution >= 0.6 is 0 Å². The highest BCUT2D eigenvalue weighted by Crippen LogP contribution is 2.34. The van der Waals surface area contributed by atoms with Gasteiger partial charge in [0.2, 0.25) is 0 Å². The standard InChI is InChI=1S/C24H28N2O3.CH4O/c1-5-25-24(28)22-12-11-21(20-14-18(16(2)3)8-13-23(20)27)26(22)15-17-6-9-19(29-4)10-7-17;1-2/h6-14,16,27H,5,15H2,1-4H3,(H,25,28);2H,1H3. The third kappa shape index (κ3) is 5.67. The van der Waals surface area contributed by atoms with Crippen LogP contribution in [0.5, 0.6) is 11.5 Å². The van der Waals surface area contributed by atoms with E-state index in [1.807, 2.05) is 60.0 Å². The van der Waals surface area contributed by atoms with Gasteiger partial charge >= 0.3 is 0 Å². The van der Waals surface area contributed by atoms with E-state index in [9.17, 15) is 9.90 Å². The molecule has 0 fully saturated rings. The molecule has 166 valence electrons. The van der Waals surface area contributed by atoms with Crippen molar-refractivity contribution in [3.05, 3.63) is 71.4 Å². The molecule has 6 nitrogen and oxygen atoms in total. The molecule has 3 rings (SSSR count). The number of rotatable bonds is 7. The molecular formula is C25H32N2O4. The molecule has 3 N–H and O–H groups in total. The largest absolute Gasteiger partial charge is 0.507 e. The van der Waals surface area contributed by atoms with Crippen LogP contribution in [0.1, 0.15) is 48.3 Å². The second-order valence-corrected chi connectivity index (χ2v) is 7.33. The predicted molar refractivity (Wildman–Crippen MR) is 124 cm³/mol. The van der Waals surface area contributed by atoms with Gasteiger partial charge in [-0.1, -0.05) is 32.0 Å². The van der Waals surface area contributed by atoms with Gasteiger partial charge in [-0.05, 0) is 60.4 Å². The Morgan fingerprint density at radius 1 is 1.06 bits per heavy atom. The number of carbonyl (C=O) groups is 1. The molecule has 0 aliphatic heterocycles. The summed E-state index contributed by atoms with van der Waals surface area (Å²) in [5.74, 6) is 1.19. The number of phenols is 1. The molecular weight excluding hydrogens is 392 g/mol. The molecule has 0 saturated carbocycles. The summed E-state index contributed by atoms with van der Waals surface area (Å²) in [5.41, 5.74) is 4.26. The van der Waals surface area contributed by atoms with Gasteiger partial charge in [0.05, 0.1) is 12.8 Å². The number of aliphatic hydroxyl groups is 1. The summed E-state index contributed by atoms with van der Waals surface area (Å²) in [6.45, 7) is 7.19. The van der Waals surface area contributed by atoms with E-state index < -0.39 is 0 Å². The molecule has 0 unspecified atom stereocenters. The summed E-state index contributed by atoms with van der Waals surface area (Å²) in [5, 5.41) is 20.4. The Morgan fingerprint density at radius 3 is 2.32 bits per heavy atom. The van der Waals surface area contributed by atoms with Crippen molar-refractivity contribution < 1.29 is 19.7 Å². The highest BCUT2D eigenvalue weighted by Gasteiger charge is 2.18. The van der Waals surface area contributed by atoms with Crippen LogP contribution in [0.4, 0.5) is 0 Å². The molecule has 0 saturated heterocycles. The van der Waals surface area contributed by atoms with Crippen LogP contribution in [-0.4, -0.2) is 41.5 Å². The lowest BCUT2D eigenvalue weighted by Gasteiger charge is -2.16. The summed E-state index contributed by atoms with van der Waals surface area (Å²) in [4.78, 5) is 12.6. The molecule has 0 bridgehead atoms. The number of methoxy groups -OCH3 is 1. The maximum atomic E-state index is 12.6. The zero-order valence-electron chi connectivity index (χ0n) is 18.8. The van der Waals surface area contributed by atoms with E-state index in [1.54, 1.807) is 13.2 Å². The van der Waals surface area contributed by atoms with E-state index in [-0.39, 0.29) is 11.7 Å². The van der Waals surface area contributed by atoms with Crippen molar-refractivity contribution in [2.24, 2.45) is 0 Å². The highest BCUT2D eigenvalue weighted by molar-refractivity contribution is 5.94. The molecule has 0 aliphatic carbocycles. The van der Waals surface area contributed by atoms with Gasteiger partial charge in [-0.2, -0.15) is 0 Å². The van der Waals surface area contributed by atoms with Gasteiger partial charge in [-0.3, -0.25) is 4.79 Å². The van der Waals surface area contributed by atoms with Gasteiger partial charge in [0.25, 0.3) is 5.91 Å². The van der Waals surface area contributed by atoms with Gasteiger partial charge < -0.3 is 24.8 Å². The molecule has 6 heteroatoms. The van der Waals surface area contributed by atoms with Crippen molar-refractivity contribution in [3.8, 4) is 22.8 Å². The minimum absolute atomic E-state index is 0.133. The van der Waals surface area contributed by atoms with Gasteiger partial charge in [-0.25, -0.2) is 0 Å². The van der Waals surface area contributed by atoms with E-state index in [2.05, 4.69) is 19.2 Å². The van der Waals surface area contributed by atoms with Gasteiger partial charge in [0, 0.05) is 25.8 Å². The highest BCUT2D eigenvalue weighted by atomic mass is 16.5. The quantitative estimate of drug-likeness (QED) is 0.525. The number of hydrogen-bond acceptors (Lipinski definition) is 4. The van der Waals surface area contributed by atoms with Crippen LogP contribution in [0.25, 0.3) is 11.3 Å². The first-order chi connectivity index (χ1) is 14.9. The molecule has 1 heterocycles. The number of ether oxygens (including phenoxy) is 1. The van der Waals surface area contributed by atoms with Gasteiger partial charge in [0.1, 0.15) is 17.2 Å². The Morgan fingerprint density at radius 2 is 1.74 bits per heavy atom. The molecule has 31 heavy (non-hydrogen) atoms. The number of benzene rings is 2. The first-order valence-corrected chi connectivity index (χ1v) is 10.3. The average molecular weight is 425 g/mol. The minimum atomic E-state index is -0.133. The first kappa shape index (κ1) is 24.0. The average Bonchev–Trinajstić information content (AvgIpc) is 3.19. The molecule has 0 radical (unpaired) electrons. The third-order valence-electron chi connectivity index (χ3n) is 5.01. The molecule has 0 atom stereocenters. The van der Waals surface area contributed by atoms with Crippen LogP contribution in [0, 0.1) is 0 Å². The van der Waals surface area contributed by atoms with Crippen LogP contribution in [-0.2, 0) is 6.54 Å². The summed E-state index contributed by atoms with van der Waals surface area (Å²) in [7, 11) is 2.64. The lowest BCUT2D eigenvalue weighted by molar-refractivity contribution is 0.0947. The molecule has 1 aromatic heterocycles. The smallest absolute Gasteiger partial charge is 0.267 e. The monoisotopic (exact) mass is 424 g/mol. The second-order valence-electron chi connectivity index (χ2n) is 7.33. The number of hydrogen-bond donors (Lipinski definition) is 3. The lowest BCUT2D eigenvalue weighted by Crippen LogP contribution is -2.25. The Hall–Kier alpha value is -3.25. The van der Waals surface area contributed by atoms with Gasteiger partial charge in [0.15, 0.2) is 0 Å². The molecule has 0 aliphatic rings. The number of amides is 1. The Kier molecular flexibility index (Phi) is 8.70. The second kappa shape index (κ2) is 11.2. The van der Waals surface area contributed by atoms with Crippen molar-refractivity contribution >= 4 is 5.91 Å². The van der Waals surface area contributed by atoms with Crippen molar-refractivity contribution in [1.82, 2.24) is 9.88 Å². The fourth-order valence-corrected chi connectivity index (χ4v) is 3.35. The van der Waals surface area contributed by atoms with E-state index in [4.69, 9.17) is 9.84 Å². The molecule has 3 aromatic rings. The van der Waals surface area contributed by atoms with Crippen LogP contribution in [0.3, 0.4) is 0 Å². The van der Waals surface area contributed by atoms with Crippen molar-refractivity contribution in [3.63, 3.8) is 0 Å². The summed E-state index contributed by atoms with van der Waals surface area (Å²) >= 11 is 0. The number of nitrogens with one attached hydrogen (secondary N) is 1. The van der Waals surface area contributed by atoms with Crippen molar-refractivity contribution in [2.45, 2.75) is 33.2 Å². The number of aliphatic hydroxyl groups excluding tert-OH is 1. The third-order valence-corrected chi connectivity index (χ3v) is 5.01. The minimum Gasteiger partial charge on any atom is -0.507 e. The maximum Gasteiger partial charge on any atom is 0.267 e. The zero-order chi connectivity index (χ0) is 23.0. The normalized spacial score (nSPS) is 10.4. The topological polar surface area (TPSA) is 83.7 Å². The number of aromatic nitrogens is 1. The first-order valence-electron chi connectivity index (χ1n) is 10.3. The van der Waals surface area contributed by atoms with Crippen molar-refractivity contribution in [2.75, 3.05) is 20.8 Å². The maximum absolute atomic E-state index is 12.6. The van der Waals surface area contributed by atoms with E-state index in [1.165, 1.54) is 0 Å². The summed E-state index contributed by atoms with van der Waals surface area (Å²) < 4.78 is 7.19. The molecule has 1 amide bonds. The SMILES string of the molecule is CCNC(=O)c1ccc(-c2cc(C(C)C)ccc2O)n1Cc1ccc(OC)cc1.CO. The molecule has 0 spiro atoms.